The molecule has 1 fully saturated rings. The molecule has 1 aromatic heterocycles. The first-order valence-corrected chi connectivity index (χ1v) is 10.3. The number of rotatable bonds is 7. The van der Waals surface area contributed by atoms with Crippen LogP contribution in [-0.2, 0) is 16.1 Å². The summed E-state index contributed by atoms with van der Waals surface area (Å²) < 4.78 is 0. The van der Waals surface area contributed by atoms with Crippen LogP contribution in [0, 0.1) is 11.8 Å². The third-order valence-electron chi connectivity index (χ3n) is 5.79. The van der Waals surface area contributed by atoms with E-state index in [1.165, 1.54) is 31.3 Å². The number of pyridine rings is 1. The summed E-state index contributed by atoms with van der Waals surface area (Å²) in [6, 6.07) is 3.83. The lowest BCUT2D eigenvalue weighted by atomic mass is 9.81. The van der Waals surface area contributed by atoms with Crippen LogP contribution in [0.4, 0.5) is 0 Å². The molecule has 1 heterocycles. The lowest BCUT2D eigenvalue weighted by molar-refractivity contribution is -0.130. The molecule has 1 aromatic rings. The van der Waals surface area contributed by atoms with Crippen molar-refractivity contribution < 1.29 is 9.59 Å². The molecular formula is C22H31N3O2. The molecule has 2 aliphatic carbocycles. The highest BCUT2D eigenvalue weighted by Gasteiger charge is 2.29. The maximum atomic E-state index is 12.4. The van der Waals surface area contributed by atoms with Crippen molar-refractivity contribution in [1.29, 1.82) is 0 Å². The summed E-state index contributed by atoms with van der Waals surface area (Å²) in [6.45, 7) is 1.26. The summed E-state index contributed by atoms with van der Waals surface area (Å²) in [5.41, 5.74) is 2.50. The van der Waals surface area contributed by atoms with Gasteiger partial charge in [-0.3, -0.25) is 14.6 Å². The van der Waals surface area contributed by atoms with E-state index in [1.54, 1.807) is 12.4 Å². The van der Waals surface area contributed by atoms with E-state index in [1.807, 2.05) is 12.1 Å². The molecule has 2 aliphatic rings. The molecule has 0 saturated heterocycles. The van der Waals surface area contributed by atoms with Gasteiger partial charge in [-0.15, -0.1) is 0 Å². The minimum atomic E-state index is 0.0260. The van der Waals surface area contributed by atoms with Gasteiger partial charge in [0.1, 0.15) is 0 Å². The van der Waals surface area contributed by atoms with Crippen molar-refractivity contribution in [1.82, 2.24) is 15.6 Å². The van der Waals surface area contributed by atoms with E-state index < -0.39 is 0 Å². The summed E-state index contributed by atoms with van der Waals surface area (Å²) in [5, 5.41) is 6.10. The molecule has 0 bridgehead atoms. The van der Waals surface area contributed by atoms with E-state index in [0.717, 1.165) is 44.2 Å². The Morgan fingerprint density at radius 2 is 1.78 bits per heavy atom. The van der Waals surface area contributed by atoms with Gasteiger partial charge < -0.3 is 10.6 Å². The maximum absolute atomic E-state index is 12.4. The molecule has 1 saturated carbocycles. The monoisotopic (exact) mass is 369 g/mol. The van der Waals surface area contributed by atoms with Crippen molar-refractivity contribution in [2.75, 3.05) is 6.54 Å². The Kier molecular flexibility index (Phi) is 7.43. The third kappa shape index (κ3) is 6.19. The normalized spacial score (nSPS) is 22.6. The average molecular weight is 370 g/mol. The van der Waals surface area contributed by atoms with Crippen LogP contribution < -0.4 is 10.6 Å². The summed E-state index contributed by atoms with van der Waals surface area (Å²) in [4.78, 5) is 28.8. The Bertz CT molecular complexity index is 649. The van der Waals surface area contributed by atoms with Crippen molar-refractivity contribution in [3.05, 3.63) is 41.7 Å². The van der Waals surface area contributed by atoms with Crippen LogP contribution >= 0.6 is 0 Å². The fourth-order valence-electron chi connectivity index (χ4n) is 4.08. The zero-order valence-corrected chi connectivity index (χ0v) is 16.1. The Morgan fingerprint density at radius 3 is 2.41 bits per heavy atom. The van der Waals surface area contributed by atoms with E-state index in [2.05, 4.69) is 21.7 Å². The van der Waals surface area contributed by atoms with Gasteiger partial charge >= 0.3 is 0 Å². The van der Waals surface area contributed by atoms with Crippen LogP contribution in [-0.4, -0.2) is 23.3 Å². The summed E-state index contributed by atoms with van der Waals surface area (Å²) in [7, 11) is 0. The second-order valence-corrected chi connectivity index (χ2v) is 7.78. The Hall–Kier alpha value is -2.17. The van der Waals surface area contributed by atoms with E-state index >= 15 is 0 Å². The quantitative estimate of drug-likeness (QED) is 0.723. The number of nitrogens with zero attached hydrogens (tertiary/aromatic N) is 1. The molecule has 146 valence electrons. The standard InChI is InChI=1S/C22H31N3O2/c26-21(24-14-12-17-5-2-1-3-6-17)19-8-10-20(11-9-19)22(27)25-16-18-7-4-13-23-15-18/h4-5,7,13,15,19-20H,1-3,6,8-12,14,16H2,(H,24,26)(H,25,27). The zero-order valence-electron chi connectivity index (χ0n) is 16.1. The van der Waals surface area contributed by atoms with E-state index in [-0.39, 0.29) is 23.7 Å². The smallest absolute Gasteiger partial charge is 0.223 e. The lowest BCUT2D eigenvalue weighted by Crippen LogP contribution is -2.37. The van der Waals surface area contributed by atoms with Gasteiger partial charge in [-0.2, -0.15) is 0 Å². The van der Waals surface area contributed by atoms with E-state index in [9.17, 15) is 9.59 Å². The average Bonchev–Trinajstić information content (AvgIpc) is 2.73. The van der Waals surface area contributed by atoms with Crippen LogP contribution in [0.3, 0.4) is 0 Å². The van der Waals surface area contributed by atoms with Crippen LogP contribution in [0.15, 0.2) is 36.2 Å². The maximum Gasteiger partial charge on any atom is 0.223 e. The fourth-order valence-corrected chi connectivity index (χ4v) is 4.08. The fraction of sp³-hybridized carbons (Fsp3) is 0.591. The predicted octanol–water partition coefficient (Wildman–Crippen LogP) is 3.51. The number of hydrogen-bond donors (Lipinski definition) is 2. The molecule has 0 spiro atoms. The van der Waals surface area contributed by atoms with Crippen molar-refractivity contribution in [2.24, 2.45) is 11.8 Å². The summed E-state index contributed by atoms with van der Waals surface area (Å²) in [6.07, 6.45) is 15.0. The van der Waals surface area contributed by atoms with Crippen molar-refractivity contribution >= 4 is 11.8 Å². The minimum absolute atomic E-state index is 0.0260. The minimum Gasteiger partial charge on any atom is -0.356 e. The molecular weight excluding hydrogens is 338 g/mol. The summed E-state index contributed by atoms with van der Waals surface area (Å²) >= 11 is 0. The Morgan fingerprint density at radius 1 is 1.04 bits per heavy atom. The molecule has 3 rings (SSSR count). The molecule has 0 unspecified atom stereocenters. The van der Waals surface area contributed by atoms with Gasteiger partial charge in [0, 0.05) is 37.3 Å². The number of amides is 2. The molecule has 0 radical (unpaired) electrons. The first kappa shape index (κ1) is 19.6. The largest absolute Gasteiger partial charge is 0.356 e. The number of nitrogens with one attached hydrogen (secondary N) is 2. The molecule has 5 heteroatoms. The van der Waals surface area contributed by atoms with Gasteiger partial charge in [0.15, 0.2) is 0 Å². The Balaban J connectivity index is 1.33. The van der Waals surface area contributed by atoms with Crippen LogP contribution in [0.5, 0.6) is 0 Å². The van der Waals surface area contributed by atoms with Crippen molar-refractivity contribution in [3.63, 3.8) is 0 Å². The SMILES string of the molecule is O=C(NCCC1=CCCCC1)C1CCC(C(=O)NCc2cccnc2)CC1. The van der Waals surface area contributed by atoms with Gasteiger partial charge in [-0.05, 0) is 69.4 Å². The second kappa shape index (κ2) is 10.2. The molecule has 5 nitrogen and oxygen atoms in total. The molecule has 2 N–H and O–H groups in total. The van der Waals surface area contributed by atoms with E-state index in [0.29, 0.717) is 6.54 Å². The topological polar surface area (TPSA) is 71.1 Å². The molecule has 0 aliphatic heterocycles. The first-order valence-electron chi connectivity index (χ1n) is 10.3. The van der Waals surface area contributed by atoms with Gasteiger partial charge in [0.25, 0.3) is 0 Å². The lowest BCUT2D eigenvalue weighted by Gasteiger charge is -2.27. The number of carbonyl (C=O) groups is 2. The van der Waals surface area contributed by atoms with E-state index in [4.69, 9.17) is 0 Å². The van der Waals surface area contributed by atoms with Crippen LogP contribution in [0.2, 0.25) is 0 Å². The highest BCUT2D eigenvalue weighted by atomic mass is 16.2. The number of hydrogen-bond acceptors (Lipinski definition) is 3. The number of aromatic nitrogens is 1. The molecule has 27 heavy (non-hydrogen) atoms. The Labute approximate surface area is 162 Å². The first-order chi connectivity index (χ1) is 13.2. The second-order valence-electron chi connectivity index (χ2n) is 7.78. The summed E-state index contributed by atoms with van der Waals surface area (Å²) in [5.74, 6) is 0.355. The van der Waals surface area contributed by atoms with Crippen molar-refractivity contribution in [3.8, 4) is 0 Å². The molecule has 0 atom stereocenters. The van der Waals surface area contributed by atoms with Gasteiger partial charge in [0.2, 0.25) is 11.8 Å². The number of allylic oxidation sites excluding steroid dienone is 1. The van der Waals surface area contributed by atoms with Crippen molar-refractivity contribution in [2.45, 2.75) is 64.3 Å². The van der Waals surface area contributed by atoms with Crippen LogP contribution in [0.25, 0.3) is 0 Å². The molecule has 0 aromatic carbocycles. The highest BCUT2D eigenvalue weighted by molar-refractivity contribution is 5.81. The molecule has 2 amide bonds. The van der Waals surface area contributed by atoms with Crippen LogP contribution in [0.1, 0.15) is 63.4 Å². The van der Waals surface area contributed by atoms with Gasteiger partial charge in [-0.1, -0.05) is 17.7 Å². The zero-order chi connectivity index (χ0) is 18.9. The van der Waals surface area contributed by atoms with Gasteiger partial charge in [-0.25, -0.2) is 0 Å². The van der Waals surface area contributed by atoms with Gasteiger partial charge in [0.05, 0.1) is 0 Å². The highest BCUT2D eigenvalue weighted by Crippen LogP contribution is 2.29. The number of carbonyl (C=O) groups excluding carboxylic acids is 2. The predicted molar refractivity (Wildman–Crippen MR) is 106 cm³/mol. The third-order valence-corrected chi connectivity index (χ3v) is 5.79.